The average Bonchev–Trinajstić information content (AvgIpc) is 3.04. The zero-order valence-electron chi connectivity index (χ0n) is 12.9. The standard InChI is InChI=1S/C19H16N4O/c24-17-12-10-16(11-13-17)22(15-6-2-1-3-7-15)14-23-19-9-5-4-8-18(19)20-21-23/h1-13,24H,14H2. The number of anilines is 2. The molecule has 4 aromatic rings. The highest BCUT2D eigenvalue weighted by Gasteiger charge is 2.12. The molecular formula is C19H16N4O. The van der Waals surface area contributed by atoms with Gasteiger partial charge >= 0.3 is 0 Å². The number of fused-ring (bicyclic) bond motifs is 1. The summed E-state index contributed by atoms with van der Waals surface area (Å²) in [6, 6.07) is 25.1. The lowest BCUT2D eigenvalue weighted by atomic mass is 10.2. The number of hydrogen-bond acceptors (Lipinski definition) is 4. The van der Waals surface area contributed by atoms with Crippen molar-refractivity contribution in [3.8, 4) is 5.75 Å². The van der Waals surface area contributed by atoms with Crippen molar-refractivity contribution in [3.05, 3.63) is 78.9 Å². The number of rotatable bonds is 4. The highest BCUT2D eigenvalue weighted by atomic mass is 16.3. The van der Waals surface area contributed by atoms with Crippen LogP contribution in [0.25, 0.3) is 11.0 Å². The van der Waals surface area contributed by atoms with Gasteiger partial charge in [-0.1, -0.05) is 35.5 Å². The fourth-order valence-corrected chi connectivity index (χ4v) is 2.71. The molecule has 5 nitrogen and oxygen atoms in total. The monoisotopic (exact) mass is 316 g/mol. The summed E-state index contributed by atoms with van der Waals surface area (Å²) in [5, 5.41) is 18.1. The summed E-state index contributed by atoms with van der Waals surface area (Å²) in [7, 11) is 0. The Hall–Kier alpha value is -3.34. The summed E-state index contributed by atoms with van der Waals surface area (Å²) in [4.78, 5) is 2.13. The number of phenols is 1. The second-order valence-corrected chi connectivity index (χ2v) is 5.50. The van der Waals surface area contributed by atoms with Crippen LogP contribution in [0.5, 0.6) is 5.75 Å². The Kier molecular flexibility index (Phi) is 3.59. The first-order valence-electron chi connectivity index (χ1n) is 7.71. The van der Waals surface area contributed by atoms with Crippen LogP contribution in [0.1, 0.15) is 0 Å². The second kappa shape index (κ2) is 6.04. The molecule has 24 heavy (non-hydrogen) atoms. The van der Waals surface area contributed by atoms with Crippen LogP contribution in [-0.2, 0) is 6.67 Å². The summed E-state index contributed by atoms with van der Waals surface area (Å²) >= 11 is 0. The van der Waals surface area contributed by atoms with Crippen LogP contribution in [-0.4, -0.2) is 20.1 Å². The molecular weight excluding hydrogens is 300 g/mol. The largest absolute Gasteiger partial charge is 0.508 e. The van der Waals surface area contributed by atoms with E-state index in [9.17, 15) is 5.11 Å². The molecule has 118 valence electrons. The third kappa shape index (κ3) is 2.67. The number of aromatic hydroxyl groups is 1. The van der Waals surface area contributed by atoms with E-state index in [-0.39, 0.29) is 5.75 Å². The van der Waals surface area contributed by atoms with Crippen LogP contribution in [0, 0.1) is 0 Å². The summed E-state index contributed by atoms with van der Waals surface area (Å²) in [6.45, 7) is 0.523. The Morgan fingerprint density at radius 2 is 1.46 bits per heavy atom. The Morgan fingerprint density at radius 1 is 0.792 bits per heavy atom. The van der Waals surface area contributed by atoms with Gasteiger partial charge in [-0.15, -0.1) is 5.10 Å². The quantitative estimate of drug-likeness (QED) is 0.620. The predicted octanol–water partition coefficient (Wildman–Crippen LogP) is 3.93. The van der Waals surface area contributed by atoms with E-state index < -0.39 is 0 Å². The molecule has 0 aliphatic carbocycles. The Labute approximate surface area is 139 Å². The molecule has 0 spiro atoms. The van der Waals surface area contributed by atoms with Crippen LogP contribution in [0.2, 0.25) is 0 Å². The van der Waals surface area contributed by atoms with Gasteiger partial charge in [-0.25, -0.2) is 4.68 Å². The van der Waals surface area contributed by atoms with Gasteiger partial charge in [0.2, 0.25) is 0 Å². The molecule has 0 atom stereocenters. The van der Waals surface area contributed by atoms with Gasteiger partial charge in [0.05, 0.1) is 5.52 Å². The van der Waals surface area contributed by atoms with Crippen molar-refractivity contribution in [2.75, 3.05) is 4.90 Å². The lowest BCUT2D eigenvalue weighted by molar-refractivity contribution is 0.475. The Balaban J connectivity index is 1.77. The highest BCUT2D eigenvalue weighted by molar-refractivity contribution is 5.74. The maximum Gasteiger partial charge on any atom is 0.119 e. The molecule has 3 aromatic carbocycles. The van der Waals surface area contributed by atoms with Crippen LogP contribution in [0.15, 0.2) is 78.9 Å². The summed E-state index contributed by atoms with van der Waals surface area (Å²) in [6.07, 6.45) is 0. The molecule has 0 radical (unpaired) electrons. The number of nitrogens with zero attached hydrogens (tertiary/aromatic N) is 4. The van der Waals surface area contributed by atoms with Gasteiger partial charge in [0.1, 0.15) is 17.9 Å². The van der Waals surface area contributed by atoms with E-state index in [2.05, 4.69) is 15.2 Å². The topological polar surface area (TPSA) is 54.2 Å². The third-order valence-electron chi connectivity index (χ3n) is 3.92. The van der Waals surface area contributed by atoms with E-state index in [0.29, 0.717) is 6.67 Å². The molecule has 0 fully saturated rings. The molecule has 1 N–H and O–H groups in total. The minimum absolute atomic E-state index is 0.248. The average molecular weight is 316 g/mol. The van der Waals surface area contributed by atoms with Crippen LogP contribution < -0.4 is 4.90 Å². The summed E-state index contributed by atoms with van der Waals surface area (Å²) in [5.41, 5.74) is 3.87. The normalized spacial score (nSPS) is 10.8. The van der Waals surface area contributed by atoms with E-state index in [1.165, 1.54) is 0 Å². The molecule has 0 amide bonds. The Bertz CT molecular complexity index is 948. The van der Waals surface area contributed by atoms with Crippen molar-refractivity contribution < 1.29 is 5.11 Å². The van der Waals surface area contributed by atoms with Crippen molar-refractivity contribution in [2.45, 2.75) is 6.67 Å². The smallest absolute Gasteiger partial charge is 0.119 e. The third-order valence-corrected chi connectivity index (χ3v) is 3.92. The SMILES string of the molecule is Oc1ccc(N(Cn2nnc3ccccc32)c2ccccc2)cc1. The lowest BCUT2D eigenvalue weighted by Gasteiger charge is -2.25. The predicted molar refractivity (Wildman–Crippen MR) is 94.2 cm³/mol. The van der Waals surface area contributed by atoms with Crippen molar-refractivity contribution in [1.29, 1.82) is 0 Å². The molecule has 4 rings (SSSR count). The minimum atomic E-state index is 0.248. The summed E-state index contributed by atoms with van der Waals surface area (Å²) < 4.78 is 1.87. The van der Waals surface area contributed by atoms with E-state index in [1.54, 1.807) is 12.1 Å². The van der Waals surface area contributed by atoms with E-state index in [1.807, 2.05) is 71.4 Å². The molecule has 0 aliphatic heterocycles. The number of para-hydroxylation sites is 2. The van der Waals surface area contributed by atoms with Gasteiger partial charge < -0.3 is 10.0 Å². The van der Waals surface area contributed by atoms with Crippen molar-refractivity contribution >= 4 is 22.4 Å². The van der Waals surface area contributed by atoms with Gasteiger partial charge in [-0.05, 0) is 48.5 Å². The highest BCUT2D eigenvalue weighted by Crippen LogP contribution is 2.28. The van der Waals surface area contributed by atoms with Crippen LogP contribution >= 0.6 is 0 Å². The zero-order chi connectivity index (χ0) is 16.4. The molecule has 1 aromatic heterocycles. The molecule has 0 aliphatic rings. The van der Waals surface area contributed by atoms with Gasteiger partial charge in [-0.2, -0.15) is 0 Å². The number of phenolic OH excluding ortho intramolecular Hbond substituents is 1. The molecule has 5 heteroatoms. The first kappa shape index (κ1) is 14.3. The fraction of sp³-hybridized carbons (Fsp3) is 0.0526. The first-order chi connectivity index (χ1) is 11.8. The fourth-order valence-electron chi connectivity index (χ4n) is 2.71. The molecule has 0 bridgehead atoms. The van der Waals surface area contributed by atoms with Gasteiger partial charge in [-0.3, -0.25) is 0 Å². The zero-order valence-corrected chi connectivity index (χ0v) is 12.9. The molecule has 1 heterocycles. The van der Waals surface area contributed by atoms with E-state index in [4.69, 9.17) is 0 Å². The minimum Gasteiger partial charge on any atom is -0.508 e. The van der Waals surface area contributed by atoms with Gasteiger partial charge in [0.15, 0.2) is 0 Å². The summed E-state index contributed by atoms with van der Waals surface area (Å²) in [5.74, 6) is 0.248. The molecule has 0 unspecified atom stereocenters. The first-order valence-corrected chi connectivity index (χ1v) is 7.71. The number of aromatic nitrogens is 3. The van der Waals surface area contributed by atoms with Crippen molar-refractivity contribution in [2.24, 2.45) is 0 Å². The van der Waals surface area contributed by atoms with Crippen molar-refractivity contribution in [1.82, 2.24) is 15.0 Å². The molecule has 0 saturated carbocycles. The van der Waals surface area contributed by atoms with Gasteiger partial charge in [0.25, 0.3) is 0 Å². The second-order valence-electron chi connectivity index (χ2n) is 5.50. The van der Waals surface area contributed by atoms with Crippen molar-refractivity contribution in [3.63, 3.8) is 0 Å². The number of hydrogen-bond donors (Lipinski definition) is 1. The maximum atomic E-state index is 9.56. The van der Waals surface area contributed by atoms with Crippen LogP contribution in [0.3, 0.4) is 0 Å². The Morgan fingerprint density at radius 3 is 2.25 bits per heavy atom. The van der Waals surface area contributed by atoms with Gasteiger partial charge in [0, 0.05) is 11.4 Å². The van der Waals surface area contributed by atoms with E-state index >= 15 is 0 Å². The number of benzene rings is 3. The van der Waals surface area contributed by atoms with Crippen LogP contribution in [0.4, 0.5) is 11.4 Å². The lowest BCUT2D eigenvalue weighted by Crippen LogP contribution is -2.21. The maximum absolute atomic E-state index is 9.56. The molecule has 0 saturated heterocycles. The van der Waals surface area contributed by atoms with E-state index in [0.717, 1.165) is 22.4 Å².